The molecular formula is C16H21N2O3+. The first-order valence-electron chi connectivity index (χ1n) is 7.06. The van der Waals surface area contributed by atoms with Gasteiger partial charge in [0.25, 0.3) is 0 Å². The molecule has 0 saturated heterocycles. The van der Waals surface area contributed by atoms with Crippen LogP contribution in [0.1, 0.15) is 17.3 Å². The maximum absolute atomic E-state index is 5.45. The summed E-state index contributed by atoms with van der Waals surface area (Å²) in [5, 5.41) is 2.34. The van der Waals surface area contributed by atoms with Crippen LogP contribution in [-0.2, 0) is 6.54 Å². The predicted octanol–water partition coefficient (Wildman–Crippen LogP) is 1.18. The summed E-state index contributed by atoms with van der Waals surface area (Å²) in [6.45, 7) is 2.10. The lowest BCUT2D eigenvalue weighted by Crippen LogP contribution is -2.88. The lowest BCUT2D eigenvalue weighted by atomic mass is 10.0. The van der Waals surface area contributed by atoms with Crippen molar-refractivity contribution in [3.63, 3.8) is 0 Å². The smallest absolute Gasteiger partial charge is 0.203 e. The molecule has 0 bridgehead atoms. The van der Waals surface area contributed by atoms with Gasteiger partial charge in [-0.05, 0) is 24.3 Å². The summed E-state index contributed by atoms with van der Waals surface area (Å²) in [6.07, 6.45) is 2.13. The number of aromatic nitrogens is 1. The van der Waals surface area contributed by atoms with E-state index in [2.05, 4.69) is 28.2 Å². The van der Waals surface area contributed by atoms with Gasteiger partial charge in [-0.15, -0.1) is 0 Å². The van der Waals surface area contributed by atoms with E-state index in [0.29, 0.717) is 17.2 Å². The molecule has 2 aromatic rings. The van der Waals surface area contributed by atoms with Gasteiger partial charge in [0.05, 0.1) is 40.1 Å². The number of ether oxygens (including phenoxy) is 3. The monoisotopic (exact) mass is 289 g/mol. The zero-order valence-corrected chi connectivity index (χ0v) is 12.6. The van der Waals surface area contributed by atoms with Crippen molar-refractivity contribution in [2.75, 3.05) is 27.9 Å². The molecule has 0 saturated carbocycles. The molecule has 0 aliphatic carbocycles. The fourth-order valence-corrected chi connectivity index (χ4v) is 3.00. The highest BCUT2D eigenvalue weighted by Gasteiger charge is 2.27. The van der Waals surface area contributed by atoms with Gasteiger partial charge in [0.15, 0.2) is 17.5 Å². The topological polar surface area (TPSA) is 49.2 Å². The van der Waals surface area contributed by atoms with E-state index in [1.165, 1.54) is 5.69 Å². The molecule has 0 unspecified atom stereocenters. The second-order valence-corrected chi connectivity index (χ2v) is 5.09. The molecule has 3 rings (SSSR count). The van der Waals surface area contributed by atoms with Crippen LogP contribution < -0.4 is 19.5 Å². The molecule has 5 heteroatoms. The Kier molecular flexibility index (Phi) is 3.75. The Morgan fingerprint density at radius 3 is 2.43 bits per heavy atom. The summed E-state index contributed by atoms with van der Waals surface area (Å²) in [7, 11) is 4.92. The Balaban J connectivity index is 2.08. The molecule has 2 N–H and O–H groups in total. The van der Waals surface area contributed by atoms with Gasteiger partial charge in [-0.25, -0.2) is 0 Å². The normalized spacial score (nSPS) is 17.2. The average molecular weight is 289 g/mol. The fraction of sp³-hybridized carbons (Fsp3) is 0.375. The third-order valence-electron chi connectivity index (χ3n) is 4.00. The van der Waals surface area contributed by atoms with Crippen LogP contribution in [0.4, 0.5) is 0 Å². The van der Waals surface area contributed by atoms with E-state index < -0.39 is 0 Å². The number of hydrogen-bond donors (Lipinski definition) is 1. The first-order chi connectivity index (χ1) is 10.3. The summed E-state index contributed by atoms with van der Waals surface area (Å²) in [5.41, 5.74) is 2.46. The quantitative estimate of drug-likeness (QED) is 0.919. The molecule has 0 amide bonds. The number of hydrogen-bond acceptors (Lipinski definition) is 3. The van der Waals surface area contributed by atoms with Crippen LogP contribution in [0.5, 0.6) is 17.2 Å². The number of fused-ring (bicyclic) bond motifs is 1. The Bertz CT molecular complexity index is 611. The molecule has 112 valence electrons. The van der Waals surface area contributed by atoms with Crippen molar-refractivity contribution in [1.29, 1.82) is 0 Å². The van der Waals surface area contributed by atoms with E-state index in [0.717, 1.165) is 18.7 Å². The molecule has 0 spiro atoms. The molecule has 21 heavy (non-hydrogen) atoms. The fourth-order valence-electron chi connectivity index (χ4n) is 3.00. The SMILES string of the molecule is COc1cc([C@H]2[NH2+]CCn3cccc32)cc(OC)c1OC. The number of methoxy groups -OCH3 is 3. The number of nitrogens with two attached hydrogens (primary N) is 1. The Labute approximate surface area is 124 Å². The van der Waals surface area contributed by atoms with Crippen LogP contribution in [0.15, 0.2) is 30.5 Å². The Morgan fingerprint density at radius 2 is 1.81 bits per heavy atom. The molecule has 0 radical (unpaired) electrons. The van der Waals surface area contributed by atoms with E-state index in [1.807, 2.05) is 12.1 Å². The number of nitrogens with zero attached hydrogens (tertiary/aromatic N) is 1. The molecule has 0 fully saturated rings. The maximum Gasteiger partial charge on any atom is 0.203 e. The minimum atomic E-state index is 0.252. The summed E-state index contributed by atoms with van der Waals surface area (Å²) < 4.78 is 18.6. The standard InChI is InChI=1S/C16H20N2O3/c1-19-13-9-11(10-14(20-2)16(13)21-3)15-12-5-4-7-18(12)8-6-17-15/h4-5,7,9-10,15,17H,6,8H2,1-3H3/p+1/t15-/m1/s1. The van der Waals surface area contributed by atoms with E-state index in [-0.39, 0.29) is 6.04 Å². The van der Waals surface area contributed by atoms with Crippen LogP contribution in [0, 0.1) is 0 Å². The van der Waals surface area contributed by atoms with Crippen LogP contribution in [0.2, 0.25) is 0 Å². The van der Waals surface area contributed by atoms with Crippen LogP contribution in [-0.4, -0.2) is 32.4 Å². The molecule has 1 aromatic heterocycles. The van der Waals surface area contributed by atoms with E-state index in [1.54, 1.807) is 21.3 Å². The summed E-state index contributed by atoms with van der Waals surface area (Å²) in [5.74, 6) is 2.03. The van der Waals surface area contributed by atoms with Gasteiger partial charge in [0.2, 0.25) is 5.75 Å². The zero-order valence-electron chi connectivity index (χ0n) is 12.6. The first kappa shape index (κ1) is 13.8. The lowest BCUT2D eigenvalue weighted by molar-refractivity contribution is -0.693. The Morgan fingerprint density at radius 1 is 1.10 bits per heavy atom. The summed E-state index contributed by atoms with van der Waals surface area (Å²) in [4.78, 5) is 0. The molecule has 5 nitrogen and oxygen atoms in total. The van der Waals surface area contributed by atoms with E-state index in [4.69, 9.17) is 14.2 Å². The second-order valence-electron chi connectivity index (χ2n) is 5.09. The summed E-state index contributed by atoms with van der Waals surface area (Å²) in [6, 6.07) is 8.58. The largest absolute Gasteiger partial charge is 0.493 e. The highest BCUT2D eigenvalue weighted by Crippen LogP contribution is 2.40. The Hall–Kier alpha value is -2.14. The minimum Gasteiger partial charge on any atom is -0.493 e. The van der Waals surface area contributed by atoms with Crippen molar-refractivity contribution in [2.24, 2.45) is 0 Å². The first-order valence-corrected chi connectivity index (χ1v) is 7.06. The van der Waals surface area contributed by atoms with Crippen molar-refractivity contribution in [2.45, 2.75) is 12.6 Å². The number of quaternary nitrogens is 1. The van der Waals surface area contributed by atoms with Gasteiger partial charge in [-0.2, -0.15) is 0 Å². The average Bonchev–Trinajstić information content (AvgIpc) is 3.01. The maximum atomic E-state index is 5.45. The van der Waals surface area contributed by atoms with Crippen molar-refractivity contribution in [1.82, 2.24) is 4.57 Å². The van der Waals surface area contributed by atoms with Crippen LogP contribution in [0.25, 0.3) is 0 Å². The third kappa shape index (κ3) is 2.34. The predicted molar refractivity (Wildman–Crippen MR) is 79.2 cm³/mol. The van der Waals surface area contributed by atoms with E-state index >= 15 is 0 Å². The van der Waals surface area contributed by atoms with Gasteiger partial charge in [-0.3, -0.25) is 0 Å². The second kappa shape index (κ2) is 5.69. The minimum absolute atomic E-state index is 0.252. The zero-order chi connectivity index (χ0) is 14.8. The molecular weight excluding hydrogens is 268 g/mol. The van der Waals surface area contributed by atoms with Gasteiger partial charge >= 0.3 is 0 Å². The molecule has 2 heterocycles. The van der Waals surface area contributed by atoms with Gasteiger partial charge in [-0.1, -0.05) is 0 Å². The third-order valence-corrected chi connectivity index (χ3v) is 4.00. The van der Waals surface area contributed by atoms with Crippen LogP contribution in [0.3, 0.4) is 0 Å². The summed E-state index contributed by atoms with van der Waals surface area (Å²) >= 11 is 0. The highest BCUT2D eigenvalue weighted by atomic mass is 16.5. The number of rotatable bonds is 4. The van der Waals surface area contributed by atoms with Gasteiger partial charge in [0, 0.05) is 11.8 Å². The molecule has 1 aliphatic heterocycles. The molecule has 1 aliphatic rings. The van der Waals surface area contributed by atoms with E-state index in [9.17, 15) is 0 Å². The van der Waals surface area contributed by atoms with Gasteiger partial charge < -0.3 is 24.1 Å². The van der Waals surface area contributed by atoms with Crippen LogP contribution >= 0.6 is 0 Å². The van der Waals surface area contributed by atoms with Crippen molar-refractivity contribution in [3.05, 3.63) is 41.7 Å². The van der Waals surface area contributed by atoms with Crippen molar-refractivity contribution < 1.29 is 19.5 Å². The molecule has 1 aromatic carbocycles. The lowest BCUT2D eigenvalue weighted by Gasteiger charge is -2.24. The number of benzene rings is 1. The highest BCUT2D eigenvalue weighted by molar-refractivity contribution is 5.55. The van der Waals surface area contributed by atoms with Crippen molar-refractivity contribution >= 4 is 0 Å². The molecule has 1 atom stereocenters. The van der Waals surface area contributed by atoms with Crippen molar-refractivity contribution in [3.8, 4) is 17.2 Å². The van der Waals surface area contributed by atoms with Gasteiger partial charge in [0.1, 0.15) is 0 Å².